The van der Waals surface area contributed by atoms with Gasteiger partial charge in [0.25, 0.3) is 0 Å². The van der Waals surface area contributed by atoms with Crippen LogP contribution >= 0.6 is 0 Å². The smallest absolute Gasteiger partial charge is 0.122 e. The monoisotopic (exact) mass is 264 g/mol. The van der Waals surface area contributed by atoms with Gasteiger partial charge in [0, 0.05) is 18.0 Å². The fourth-order valence-corrected chi connectivity index (χ4v) is 2.85. The normalized spacial score (nSPS) is 18.7. The molecule has 0 aromatic heterocycles. The zero-order chi connectivity index (χ0) is 13.9. The summed E-state index contributed by atoms with van der Waals surface area (Å²) in [6.07, 6.45) is 0.958. The number of hydrogen-bond donors (Lipinski definition) is 2. The first-order valence-corrected chi connectivity index (χ1v) is 6.82. The number of nitrogens with one attached hydrogen (secondary N) is 1. The molecule has 3 N–H and O–H groups in total. The third-order valence-corrected chi connectivity index (χ3v) is 4.11. The maximum absolute atomic E-state index is 5.96. The molecule has 2 rings (SSSR count). The van der Waals surface area contributed by atoms with Gasteiger partial charge in [0.2, 0.25) is 0 Å². The van der Waals surface area contributed by atoms with Crippen LogP contribution in [0.15, 0.2) is 18.2 Å². The van der Waals surface area contributed by atoms with E-state index >= 15 is 0 Å². The van der Waals surface area contributed by atoms with Crippen LogP contribution in [0, 0.1) is 5.41 Å². The van der Waals surface area contributed by atoms with Crippen molar-refractivity contribution in [3.8, 4) is 5.75 Å². The fourth-order valence-electron chi connectivity index (χ4n) is 2.85. The number of nitrogens with two attached hydrogens (primary N) is 1. The number of hydrogen-bond acceptors (Lipinski definition) is 4. The molecule has 4 nitrogen and oxygen atoms in total. The SMILES string of the molecule is CCc1cc(C(NC)C2(CN)COC2)ccc1OC. The standard InChI is InChI=1S/C15H24N2O2/c1-4-11-7-12(5-6-13(11)18-3)14(17-2)15(8-16)9-19-10-15/h5-7,14,17H,4,8-10,16H2,1-3H3. The van der Waals surface area contributed by atoms with E-state index in [2.05, 4.69) is 24.4 Å². The van der Waals surface area contributed by atoms with Crippen molar-refractivity contribution in [3.63, 3.8) is 0 Å². The second kappa shape index (κ2) is 5.90. The zero-order valence-electron chi connectivity index (χ0n) is 12.0. The van der Waals surface area contributed by atoms with Gasteiger partial charge in [0.05, 0.1) is 20.3 Å². The van der Waals surface area contributed by atoms with E-state index in [4.69, 9.17) is 15.2 Å². The molecule has 1 aromatic rings. The predicted octanol–water partition coefficient (Wildman–Crippen LogP) is 1.49. The summed E-state index contributed by atoms with van der Waals surface area (Å²) in [6.45, 7) is 4.22. The van der Waals surface area contributed by atoms with Gasteiger partial charge in [-0.1, -0.05) is 19.1 Å². The maximum atomic E-state index is 5.96. The molecule has 0 amide bonds. The van der Waals surface area contributed by atoms with Crippen molar-refractivity contribution in [1.29, 1.82) is 0 Å². The Labute approximate surface area is 115 Å². The molecular formula is C15H24N2O2. The molecular weight excluding hydrogens is 240 g/mol. The van der Waals surface area contributed by atoms with Crippen molar-refractivity contribution in [3.05, 3.63) is 29.3 Å². The van der Waals surface area contributed by atoms with Crippen LogP contribution in [0.5, 0.6) is 5.75 Å². The number of methoxy groups -OCH3 is 1. The first kappa shape index (κ1) is 14.3. The Morgan fingerprint density at radius 2 is 2.21 bits per heavy atom. The molecule has 1 aliphatic heterocycles. The van der Waals surface area contributed by atoms with Crippen LogP contribution in [0.3, 0.4) is 0 Å². The molecule has 1 fully saturated rings. The number of rotatable bonds is 6. The minimum absolute atomic E-state index is 0.0222. The van der Waals surface area contributed by atoms with Crippen LogP contribution in [0.25, 0.3) is 0 Å². The van der Waals surface area contributed by atoms with Crippen LogP contribution in [-0.4, -0.2) is 33.9 Å². The highest BCUT2D eigenvalue weighted by Gasteiger charge is 2.44. The summed E-state index contributed by atoms with van der Waals surface area (Å²) in [5, 5.41) is 3.40. The molecule has 0 radical (unpaired) electrons. The second-order valence-electron chi connectivity index (χ2n) is 5.21. The molecule has 1 aromatic carbocycles. The van der Waals surface area contributed by atoms with E-state index in [1.807, 2.05) is 13.1 Å². The molecule has 4 heteroatoms. The van der Waals surface area contributed by atoms with Gasteiger partial charge < -0.3 is 20.5 Å². The predicted molar refractivity (Wildman–Crippen MR) is 76.5 cm³/mol. The van der Waals surface area contributed by atoms with Crippen molar-refractivity contribution >= 4 is 0 Å². The fraction of sp³-hybridized carbons (Fsp3) is 0.600. The van der Waals surface area contributed by atoms with E-state index in [9.17, 15) is 0 Å². The lowest BCUT2D eigenvalue weighted by Gasteiger charge is -2.46. The molecule has 0 bridgehead atoms. The van der Waals surface area contributed by atoms with Crippen molar-refractivity contribution in [2.75, 3.05) is 33.9 Å². The quantitative estimate of drug-likeness (QED) is 0.817. The minimum atomic E-state index is 0.0222. The highest BCUT2D eigenvalue weighted by Crippen LogP contribution is 2.40. The maximum Gasteiger partial charge on any atom is 0.122 e. The van der Waals surface area contributed by atoms with E-state index in [1.165, 1.54) is 11.1 Å². The highest BCUT2D eigenvalue weighted by atomic mass is 16.5. The lowest BCUT2D eigenvalue weighted by atomic mass is 9.75. The highest BCUT2D eigenvalue weighted by molar-refractivity contribution is 5.39. The van der Waals surface area contributed by atoms with Gasteiger partial charge >= 0.3 is 0 Å². The first-order chi connectivity index (χ1) is 9.20. The first-order valence-electron chi connectivity index (χ1n) is 6.82. The third kappa shape index (κ3) is 2.48. The average Bonchev–Trinajstić information content (AvgIpc) is 2.42. The minimum Gasteiger partial charge on any atom is -0.496 e. The van der Waals surface area contributed by atoms with Gasteiger partial charge in [-0.25, -0.2) is 0 Å². The van der Waals surface area contributed by atoms with Crippen molar-refractivity contribution in [1.82, 2.24) is 5.32 Å². The molecule has 1 atom stereocenters. The summed E-state index contributed by atoms with van der Waals surface area (Å²) < 4.78 is 10.8. The topological polar surface area (TPSA) is 56.5 Å². The lowest BCUT2D eigenvalue weighted by molar-refractivity contribution is -0.126. The Kier molecular flexibility index (Phi) is 4.45. The molecule has 1 heterocycles. The molecule has 1 aliphatic rings. The van der Waals surface area contributed by atoms with Crippen molar-refractivity contribution in [2.24, 2.45) is 11.1 Å². The van der Waals surface area contributed by atoms with E-state index in [0.717, 1.165) is 25.4 Å². The van der Waals surface area contributed by atoms with Crippen molar-refractivity contribution in [2.45, 2.75) is 19.4 Å². The Bertz CT molecular complexity index is 425. The largest absolute Gasteiger partial charge is 0.496 e. The molecule has 106 valence electrons. The van der Waals surface area contributed by atoms with Gasteiger partial charge in [-0.05, 0) is 30.7 Å². The van der Waals surface area contributed by atoms with Gasteiger partial charge in [-0.2, -0.15) is 0 Å². The zero-order valence-corrected chi connectivity index (χ0v) is 12.0. The van der Waals surface area contributed by atoms with E-state index in [-0.39, 0.29) is 11.5 Å². The number of aryl methyl sites for hydroxylation is 1. The van der Waals surface area contributed by atoms with E-state index < -0.39 is 0 Å². The van der Waals surface area contributed by atoms with Gasteiger partial charge in [0.1, 0.15) is 5.75 Å². The Balaban J connectivity index is 2.33. The van der Waals surface area contributed by atoms with Crippen molar-refractivity contribution < 1.29 is 9.47 Å². The summed E-state index contributed by atoms with van der Waals surface area (Å²) in [5.74, 6) is 0.952. The van der Waals surface area contributed by atoms with E-state index in [1.54, 1.807) is 7.11 Å². The summed E-state index contributed by atoms with van der Waals surface area (Å²) in [6, 6.07) is 6.61. The van der Waals surface area contributed by atoms with Crippen LogP contribution in [-0.2, 0) is 11.2 Å². The molecule has 19 heavy (non-hydrogen) atoms. The van der Waals surface area contributed by atoms with Gasteiger partial charge in [-0.3, -0.25) is 0 Å². The van der Waals surface area contributed by atoms with Crippen LogP contribution < -0.4 is 15.8 Å². The van der Waals surface area contributed by atoms with Crippen LogP contribution in [0.4, 0.5) is 0 Å². The molecule has 1 saturated heterocycles. The molecule has 0 spiro atoms. The molecule has 1 unspecified atom stereocenters. The van der Waals surface area contributed by atoms with Crippen LogP contribution in [0.1, 0.15) is 24.1 Å². The third-order valence-electron chi connectivity index (χ3n) is 4.11. The lowest BCUT2D eigenvalue weighted by Crippen LogP contribution is -2.55. The number of ether oxygens (including phenoxy) is 2. The van der Waals surface area contributed by atoms with E-state index in [0.29, 0.717) is 6.54 Å². The summed E-state index contributed by atoms with van der Waals surface area (Å²) in [5.41, 5.74) is 8.47. The van der Waals surface area contributed by atoms with Gasteiger partial charge in [-0.15, -0.1) is 0 Å². The second-order valence-corrected chi connectivity index (χ2v) is 5.21. The summed E-state index contributed by atoms with van der Waals surface area (Å²) >= 11 is 0. The van der Waals surface area contributed by atoms with Crippen LogP contribution in [0.2, 0.25) is 0 Å². The molecule has 0 saturated carbocycles. The Hall–Kier alpha value is -1.10. The molecule has 0 aliphatic carbocycles. The summed E-state index contributed by atoms with van der Waals surface area (Å²) in [4.78, 5) is 0. The Morgan fingerprint density at radius 1 is 1.47 bits per heavy atom. The Morgan fingerprint density at radius 3 is 2.63 bits per heavy atom. The number of benzene rings is 1. The average molecular weight is 264 g/mol. The van der Waals surface area contributed by atoms with Gasteiger partial charge in [0.15, 0.2) is 0 Å². The summed E-state index contributed by atoms with van der Waals surface area (Å²) in [7, 11) is 3.70.